The van der Waals surface area contributed by atoms with E-state index in [1.165, 1.54) is 0 Å². The predicted molar refractivity (Wildman–Crippen MR) is 61.0 cm³/mol. The first-order chi connectivity index (χ1) is 7.68. The number of carbonyl (C=O) groups is 1. The van der Waals surface area contributed by atoms with Gasteiger partial charge in [0.1, 0.15) is 6.33 Å². The molecule has 2 rings (SSSR count). The van der Waals surface area contributed by atoms with Crippen LogP contribution in [0.3, 0.4) is 0 Å². The monoisotopic (exact) mass is 219 g/mol. The molecule has 1 amide bonds. The van der Waals surface area contributed by atoms with Crippen LogP contribution in [-0.4, -0.2) is 33.9 Å². The fraction of sp³-hybridized carbons (Fsp3) is 0.583. The van der Waals surface area contributed by atoms with Crippen LogP contribution < -0.4 is 0 Å². The Morgan fingerprint density at radius 3 is 3.06 bits per heavy atom. The molecule has 0 N–H and O–H groups in total. The normalized spacial score (nSPS) is 20.9. The molecule has 1 atom stereocenters. The number of hydrogen-bond acceptors (Lipinski definition) is 3. The van der Waals surface area contributed by atoms with E-state index in [-0.39, 0.29) is 5.91 Å². The quantitative estimate of drug-likeness (QED) is 0.719. The second-order valence-electron chi connectivity index (χ2n) is 4.40. The van der Waals surface area contributed by atoms with Crippen LogP contribution in [0.25, 0.3) is 0 Å². The molecule has 1 fully saturated rings. The summed E-state index contributed by atoms with van der Waals surface area (Å²) in [6.07, 6.45) is 5.61. The molecule has 0 aliphatic carbocycles. The van der Waals surface area contributed by atoms with E-state index in [1.54, 1.807) is 13.3 Å². The third-order valence-corrected chi connectivity index (χ3v) is 3.19. The van der Waals surface area contributed by atoms with Crippen LogP contribution >= 0.6 is 0 Å². The summed E-state index contributed by atoms with van der Waals surface area (Å²) in [6, 6.07) is 0. The van der Waals surface area contributed by atoms with Crippen molar-refractivity contribution in [3.8, 4) is 0 Å². The van der Waals surface area contributed by atoms with Crippen molar-refractivity contribution in [2.45, 2.75) is 32.6 Å². The number of aryl methyl sites for hydroxylation is 1. The molecule has 1 unspecified atom stereocenters. The highest BCUT2D eigenvalue weighted by atomic mass is 16.2. The van der Waals surface area contributed by atoms with Gasteiger partial charge in [-0.1, -0.05) is 0 Å². The Balaban J connectivity index is 2.16. The lowest BCUT2D eigenvalue weighted by molar-refractivity contribution is -0.130. The standard InChI is InChI=1S/C12H17N3O/c1-9-6-13-8-14-12(9)11-4-3-5-15(7-11)10(2)16/h6,8,11H,3-5,7H2,1-2H3. The van der Waals surface area contributed by atoms with Gasteiger partial charge in [-0.3, -0.25) is 4.79 Å². The van der Waals surface area contributed by atoms with Gasteiger partial charge >= 0.3 is 0 Å². The first-order valence-electron chi connectivity index (χ1n) is 5.70. The van der Waals surface area contributed by atoms with Gasteiger partial charge in [-0.15, -0.1) is 0 Å². The van der Waals surface area contributed by atoms with E-state index in [4.69, 9.17) is 0 Å². The minimum absolute atomic E-state index is 0.163. The number of amides is 1. The van der Waals surface area contributed by atoms with Crippen LogP contribution in [0, 0.1) is 6.92 Å². The lowest BCUT2D eigenvalue weighted by atomic mass is 9.92. The Morgan fingerprint density at radius 1 is 1.56 bits per heavy atom. The van der Waals surface area contributed by atoms with Gasteiger partial charge in [0.15, 0.2) is 0 Å². The maximum atomic E-state index is 11.4. The molecule has 4 nitrogen and oxygen atoms in total. The lowest BCUT2D eigenvalue weighted by Gasteiger charge is -2.32. The summed E-state index contributed by atoms with van der Waals surface area (Å²) >= 11 is 0. The van der Waals surface area contributed by atoms with Crippen LogP contribution in [-0.2, 0) is 4.79 Å². The van der Waals surface area contributed by atoms with Crippen molar-refractivity contribution in [2.24, 2.45) is 0 Å². The van der Waals surface area contributed by atoms with Crippen molar-refractivity contribution in [1.82, 2.24) is 14.9 Å². The van der Waals surface area contributed by atoms with E-state index in [9.17, 15) is 4.79 Å². The van der Waals surface area contributed by atoms with Gasteiger partial charge in [0.25, 0.3) is 0 Å². The molecule has 1 aliphatic rings. The number of piperidine rings is 1. The Hall–Kier alpha value is -1.45. The van der Waals surface area contributed by atoms with Gasteiger partial charge in [-0.2, -0.15) is 0 Å². The van der Waals surface area contributed by atoms with Crippen molar-refractivity contribution < 1.29 is 4.79 Å². The lowest BCUT2D eigenvalue weighted by Crippen LogP contribution is -2.38. The van der Waals surface area contributed by atoms with Gasteiger partial charge in [-0.25, -0.2) is 9.97 Å². The minimum atomic E-state index is 0.163. The second-order valence-corrected chi connectivity index (χ2v) is 4.40. The minimum Gasteiger partial charge on any atom is -0.342 e. The molecule has 16 heavy (non-hydrogen) atoms. The van der Waals surface area contributed by atoms with E-state index in [1.807, 2.05) is 18.0 Å². The van der Waals surface area contributed by atoms with E-state index in [0.717, 1.165) is 37.2 Å². The molecule has 0 saturated carbocycles. The summed E-state index contributed by atoms with van der Waals surface area (Å²) < 4.78 is 0. The maximum Gasteiger partial charge on any atom is 0.219 e. The summed E-state index contributed by atoms with van der Waals surface area (Å²) in [5.74, 6) is 0.539. The average molecular weight is 219 g/mol. The number of likely N-dealkylation sites (tertiary alicyclic amines) is 1. The highest BCUT2D eigenvalue weighted by molar-refractivity contribution is 5.73. The van der Waals surface area contributed by atoms with E-state index >= 15 is 0 Å². The highest BCUT2D eigenvalue weighted by Crippen LogP contribution is 2.26. The van der Waals surface area contributed by atoms with Crippen LogP contribution in [0.15, 0.2) is 12.5 Å². The third-order valence-electron chi connectivity index (χ3n) is 3.19. The molecule has 4 heteroatoms. The summed E-state index contributed by atoms with van der Waals surface area (Å²) in [5.41, 5.74) is 2.22. The molecule has 1 saturated heterocycles. The Kier molecular flexibility index (Phi) is 3.17. The molecular formula is C12H17N3O. The second kappa shape index (κ2) is 4.60. The third kappa shape index (κ3) is 2.21. The molecule has 0 radical (unpaired) electrons. The zero-order valence-electron chi connectivity index (χ0n) is 9.81. The molecule has 0 aromatic carbocycles. The number of carbonyl (C=O) groups excluding carboxylic acids is 1. The zero-order chi connectivity index (χ0) is 11.5. The average Bonchev–Trinajstić information content (AvgIpc) is 2.30. The molecular weight excluding hydrogens is 202 g/mol. The van der Waals surface area contributed by atoms with Crippen molar-refractivity contribution in [3.05, 3.63) is 23.8 Å². The number of nitrogens with zero attached hydrogens (tertiary/aromatic N) is 3. The van der Waals surface area contributed by atoms with Crippen LogP contribution in [0.5, 0.6) is 0 Å². The van der Waals surface area contributed by atoms with Crippen LogP contribution in [0.1, 0.15) is 36.9 Å². The zero-order valence-corrected chi connectivity index (χ0v) is 9.81. The largest absolute Gasteiger partial charge is 0.342 e. The topological polar surface area (TPSA) is 46.1 Å². The summed E-state index contributed by atoms with van der Waals surface area (Å²) in [7, 11) is 0. The molecule has 2 heterocycles. The molecule has 1 aliphatic heterocycles. The van der Waals surface area contributed by atoms with Crippen molar-refractivity contribution >= 4 is 5.91 Å². The molecule has 0 bridgehead atoms. The number of aromatic nitrogens is 2. The Morgan fingerprint density at radius 2 is 2.38 bits per heavy atom. The molecule has 1 aromatic rings. The maximum absolute atomic E-state index is 11.4. The molecule has 86 valence electrons. The van der Waals surface area contributed by atoms with Gasteiger partial charge < -0.3 is 4.90 Å². The molecule has 1 aromatic heterocycles. The smallest absolute Gasteiger partial charge is 0.219 e. The van der Waals surface area contributed by atoms with Gasteiger partial charge in [0.2, 0.25) is 5.91 Å². The van der Waals surface area contributed by atoms with Crippen molar-refractivity contribution in [1.29, 1.82) is 0 Å². The number of hydrogen-bond donors (Lipinski definition) is 0. The van der Waals surface area contributed by atoms with E-state index in [0.29, 0.717) is 5.92 Å². The Labute approximate surface area is 95.7 Å². The highest BCUT2D eigenvalue weighted by Gasteiger charge is 2.24. The van der Waals surface area contributed by atoms with Crippen molar-refractivity contribution in [2.75, 3.05) is 13.1 Å². The van der Waals surface area contributed by atoms with Gasteiger partial charge in [0, 0.05) is 32.1 Å². The summed E-state index contributed by atoms with van der Waals surface area (Å²) in [6.45, 7) is 5.35. The predicted octanol–water partition coefficient (Wildman–Crippen LogP) is 1.51. The fourth-order valence-corrected chi connectivity index (χ4v) is 2.32. The SMILES string of the molecule is CC(=O)N1CCCC(c2ncncc2C)C1. The summed E-state index contributed by atoms with van der Waals surface area (Å²) in [4.78, 5) is 21.6. The van der Waals surface area contributed by atoms with E-state index < -0.39 is 0 Å². The summed E-state index contributed by atoms with van der Waals surface area (Å²) in [5, 5.41) is 0. The number of rotatable bonds is 1. The Bertz CT molecular complexity index is 392. The van der Waals surface area contributed by atoms with Crippen LogP contribution in [0.2, 0.25) is 0 Å². The van der Waals surface area contributed by atoms with Gasteiger partial charge in [-0.05, 0) is 25.3 Å². The van der Waals surface area contributed by atoms with Gasteiger partial charge in [0.05, 0.1) is 5.69 Å². The molecule has 0 spiro atoms. The van der Waals surface area contributed by atoms with E-state index in [2.05, 4.69) is 9.97 Å². The first-order valence-corrected chi connectivity index (χ1v) is 5.70. The van der Waals surface area contributed by atoms with Crippen LogP contribution in [0.4, 0.5) is 0 Å². The van der Waals surface area contributed by atoms with Crippen molar-refractivity contribution in [3.63, 3.8) is 0 Å². The first kappa shape index (κ1) is 11.0. The fourth-order valence-electron chi connectivity index (χ4n) is 2.32.